The molecule has 0 aliphatic rings. The van der Waals surface area contributed by atoms with Crippen LogP contribution in [0.1, 0.15) is 51.1 Å². The largest absolute Gasteiger partial charge is 0.310 e. The van der Waals surface area contributed by atoms with E-state index in [2.05, 4.69) is 71.3 Å². The van der Waals surface area contributed by atoms with Gasteiger partial charge in [-0.25, -0.2) is 0 Å². The van der Waals surface area contributed by atoms with Crippen molar-refractivity contribution in [3.8, 4) is 0 Å². The van der Waals surface area contributed by atoms with Gasteiger partial charge < -0.3 is 10.2 Å². The van der Waals surface area contributed by atoms with Crippen molar-refractivity contribution in [3.05, 3.63) is 34.3 Å². The highest BCUT2D eigenvalue weighted by Gasteiger charge is 2.14. The van der Waals surface area contributed by atoms with Crippen LogP contribution in [0.15, 0.2) is 28.7 Å². The fourth-order valence-corrected chi connectivity index (χ4v) is 2.89. The zero-order valence-corrected chi connectivity index (χ0v) is 14.7. The van der Waals surface area contributed by atoms with Crippen LogP contribution in [0.3, 0.4) is 0 Å². The molecule has 0 aliphatic carbocycles. The molecule has 0 aliphatic heterocycles. The topological polar surface area (TPSA) is 15.3 Å². The molecule has 0 fully saturated rings. The summed E-state index contributed by atoms with van der Waals surface area (Å²) < 4.78 is 1.21. The summed E-state index contributed by atoms with van der Waals surface area (Å²) in [6.45, 7) is 7.89. The van der Waals surface area contributed by atoms with Crippen molar-refractivity contribution < 1.29 is 0 Å². The molecule has 0 saturated carbocycles. The quantitative estimate of drug-likeness (QED) is 0.668. The second-order valence-corrected chi connectivity index (χ2v) is 6.33. The van der Waals surface area contributed by atoms with Gasteiger partial charge in [0.2, 0.25) is 0 Å². The average Bonchev–Trinajstić information content (AvgIpc) is 2.46. The first kappa shape index (κ1) is 17.7. The molecule has 1 rings (SSSR count). The van der Waals surface area contributed by atoms with Crippen LogP contribution in [0.25, 0.3) is 0 Å². The summed E-state index contributed by atoms with van der Waals surface area (Å²) in [5.74, 6) is 0. The summed E-state index contributed by atoms with van der Waals surface area (Å²) in [7, 11) is 2.23. The predicted octanol–water partition coefficient (Wildman–Crippen LogP) is 4.61. The third kappa shape index (κ3) is 6.38. The van der Waals surface area contributed by atoms with Crippen molar-refractivity contribution >= 4 is 15.9 Å². The van der Waals surface area contributed by atoms with Crippen molar-refractivity contribution in [2.75, 3.05) is 26.7 Å². The molecule has 0 aromatic heterocycles. The highest BCUT2D eigenvalue weighted by atomic mass is 79.9. The number of halogens is 1. The van der Waals surface area contributed by atoms with Crippen LogP contribution in [0, 0.1) is 0 Å². The summed E-state index contributed by atoms with van der Waals surface area (Å²) in [5, 5.41) is 3.68. The zero-order valence-electron chi connectivity index (χ0n) is 13.2. The lowest BCUT2D eigenvalue weighted by Gasteiger charge is -2.24. The summed E-state index contributed by atoms with van der Waals surface area (Å²) in [5.41, 5.74) is 1.38. The lowest BCUT2D eigenvalue weighted by atomic mass is 10.0. The summed E-state index contributed by atoms with van der Waals surface area (Å²) in [4.78, 5) is 2.45. The lowest BCUT2D eigenvalue weighted by Crippen LogP contribution is -2.28. The van der Waals surface area contributed by atoms with Crippen molar-refractivity contribution in [3.63, 3.8) is 0 Å². The Morgan fingerprint density at radius 3 is 2.55 bits per heavy atom. The minimum atomic E-state index is 0.439. The average molecular weight is 341 g/mol. The van der Waals surface area contributed by atoms with Gasteiger partial charge in [0.25, 0.3) is 0 Å². The standard InChI is InChI=1S/C17H29BrN2/c1-4-6-13-20(3)14-11-17(19-12-5-2)15-9-7-8-10-16(15)18/h7-10,17,19H,4-6,11-14H2,1-3H3. The Kier molecular flexibility index (Phi) is 9.16. The van der Waals surface area contributed by atoms with Gasteiger partial charge >= 0.3 is 0 Å². The van der Waals surface area contributed by atoms with E-state index >= 15 is 0 Å². The molecule has 0 bridgehead atoms. The van der Waals surface area contributed by atoms with Crippen LogP contribution in [-0.2, 0) is 0 Å². The normalized spacial score (nSPS) is 12.8. The number of nitrogens with one attached hydrogen (secondary N) is 1. The van der Waals surface area contributed by atoms with E-state index in [-0.39, 0.29) is 0 Å². The van der Waals surface area contributed by atoms with E-state index in [1.165, 1.54) is 35.8 Å². The Balaban J connectivity index is 2.58. The van der Waals surface area contributed by atoms with Crippen LogP contribution in [0.2, 0.25) is 0 Å². The van der Waals surface area contributed by atoms with E-state index < -0.39 is 0 Å². The van der Waals surface area contributed by atoms with Crippen LogP contribution >= 0.6 is 15.9 Å². The van der Waals surface area contributed by atoms with Crippen LogP contribution in [-0.4, -0.2) is 31.6 Å². The molecule has 0 saturated heterocycles. The molecule has 3 heteroatoms. The molecular formula is C17H29BrN2. The first-order valence-electron chi connectivity index (χ1n) is 7.85. The monoisotopic (exact) mass is 340 g/mol. The number of hydrogen-bond donors (Lipinski definition) is 1. The number of nitrogens with zero attached hydrogens (tertiary/aromatic N) is 1. The Bertz CT molecular complexity index is 368. The number of hydrogen-bond acceptors (Lipinski definition) is 2. The van der Waals surface area contributed by atoms with Gasteiger partial charge in [-0.05, 0) is 57.6 Å². The Labute approximate surface area is 133 Å². The van der Waals surface area contributed by atoms with Gasteiger partial charge in [0, 0.05) is 10.5 Å². The molecule has 1 N–H and O–H groups in total. The molecule has 114 valence electrons. The lowest BCUT2D eigenvalue weighted by molar-refractivity contribution is 0.302. The Morgan fingerprint density at radius 1 is 1.15 bits per heavy atom. The fourth-order valence-electron chi connectivity index (χ4n) is 2.33. The van der Waals surface area contributed by atoms with E-state index in [1.807, 2.05) is 0 Å². The third-order valence-corrected chi connectivity index (χ3v) is 4.34. The van der Waals surface area contributed by atoms with E-state index in [4.69, 9.17) is 0 Å². The van der Waals surface area contributed by atoms with Gasteiger partial charge in [-0.15, -0.1) is 0 Å². The van der Waals surface area contributed by atoms with Crippen molar-refractivity contribution in [2.24, 2.45) is 0 Å². The Morgan fingerprint density at radius 2 is 1.90 bits per heavy atom. The zero-order chi connectivity index (χ0) is 14.8. The van der Waals surface area contributed by atoms with Gasteiger partial charge in [-0.3, -0.25) is 0 Å². The van der Waals surface area contributed by atoms with Crippen molar-refractivity contribution in [1.82, 2.24) is 10.2 Å². The second kappa shape index (κ2) is 10.4. The summed E-state index contributed by atoms with van der Waals surface area (Å²) in [6, 6.07) is 9.01. The molecule has 2 nitrogen and oxygen atoms in total. The maximum Gasteiger partial charge on any atom is 0.0343 e. The fraction of sp³-hybridized carbons (Fsp3) is 0.647. The molecule has 0 amide bonds. The van der Waals surface area contributed by atoms with Gasteiger partial charge in [0.1, 0.15) is 0 Å². The highest BCUT2D eigenvalue weighted by Crippen LogP contribution is 2.25. The maximum absolute atomic E-state index is 3.68. The van der Waals surface area contributed by atoms with Gasteiger partial charge in [0.05, 0.1) is 0 Å². The predicted molar refractivity (Wildman–Crippen MR) is 92.2 cm³/mol. The molecule has 1 aromatic carbocycles. The van der Waals surface area contributed by atoms with E-state index in [9.17, 15) is 0 Å². The van der Waals surface area contributed by atoms with E-state index in [1.54, 1.807) is 0 Å². The number of unbranched alkanes of at least 4 members (excludes halogenated alkanes) is 1. The summed E-state index contributed by atoms with van der Waals surface area (Å²) in [6.07, 6.45) is 4.89. The van der Waals surface area contributed by atoms with E-state index in [0.29, 0.717) is 6.04 Å². The third-order valence-electron chi connectivity index (χ3n) is 3.61. The molecule has 0 heterocycles. The van der Waals surface area contributed by atoms with Crippen molar-refractivity contribution in [1.29, 1.82) is 0 Å². The molecular weight excluding hydrogens is 312 g/mol. The van der Waals surface area contributed by atoms with Gasteiger partial charge in [-0.2, -0.15) is 0 Å². The summed E-state index contributed by atoms with van der Waals surface area (Å²) >= 11 is 3.68. The highest BCUT2D eigenvalue weighted by molar-refractivity contribution is 9.10. The van der Waals surface area contributed by atoms with Gasteiger partial charge in [0.15, 0.2) is 0 Å². The van der Waals surface area contributed by atoms with E-state index in [0.717, 1.165) is 19.5 Å². The van der Waals surface area contributed by atoms with Gasteiger partial charge in [-0.1, -0.05) is 54.4 Å². The molecule has 1 aromatic rings. The molecule has 20 heavy (non-hydrogen) atoms. The first-order valence-corrected chi connectivity index (χ1v) is 8.64. The molecule has 1 unspecified atom stereocenters. The van der Waals surface area contributed by atoms with Crippen LogP contribution < -0.4 is 5.32 Å². The minimum Gasteiger partial charge on any atom is -0.310 e. The SMILES string of the molecule is CCCCN(C)CCC(NCCC)c1ccccc1Br. The van der Waals surface area contributed by atoms with Crippen LogP contribution in [0.4, 0.5) is 0 Å². The Hall–Kier alpha value is -0.380. The van der Waals surface area contributed by atoms with Crippen LogP contribution in [0.5, 0.6) is 0 Å². The molecule has 1 atom stereocenters. The second-order valence-electron chi connectivity index (χ2n) is 5.47. The number of benzene rings is 1. The maximum atomic E-state index is 3.68. The van der Waals surface area contributed by atoms with Crippen molar-refractivity contribution in [2.45, 2.75) is 45.6 Å². The molecule has 0 radical (unpaired) electrons. The smallest absolute Gasteiger partial charge is 0.0343 e. The minimum absolute atomic E-state index is 0.439. The molecule has 0 spiro atoms. The first-order chi connectivity index (χ1) is 9.69. The number of rotatable bonds is 10.